The van der Waals surface area contributed by atoms with Crippen LogP contribution in [0.4, 0.5) is 0 Å². The van der Waals surface area contributed by atoms with Gasteiger partial charge in [0, 0.05) is 13.7 Å². The van der Waals surface area contributed by atoms with Crippen molar-refractivity contribution >= 4 is 11.8 Å². The molecule has 19 heavy (non-hydrogen) atoms. The lowest BCUT2D eigenvalue weighted by Gasteiger charge is -2.43. The van der Waals surface area contributed by atoms with Crippen molar-refractivity contribution in [1.82, 2.24) is 10.2 Å². The number of nitrogens with zero attached hydrogens (tertiary/aromatic N) is 1. The van der Waals surface area contributed by atoms with Crippen LogP contribution in [0.2, 0.25) is 0 Å². The maximum Gasteiger partial charge on any atom is 0.246 e. The van der Waals surface area contributed by atoms with Crippen molar-refractivity contribution in [3.05, 3.63) is 0 Å². The van der Waals surface area contributed by atoms with E-state index in [4.69, 9.17) is 4.74 Å². The molecule has 1 saturated heterocycles. The minimum Gasteiger partial charge on any atom is -0.383 e. The van der Waals surface area contributed by atoms with Gasteiger partial charge in [0.1, 0.15) is 12.1 Å². The average Bonchev–Trinajstić information content (AvgIpc) is 2.31. The van der Waals surface area contributed by atoms with Crippen molar-refractivity contribution in [2.24, 2.45) is 5.41 Å². The summed E-state index contributed by atoms with van der Waals surface area (Å²) < 4.78 is 5.05. The van der Waals surface area contributed by atoms with Crippen LogP contribution in [-0.2, 0) is 14.3 Å². The number of carbonyl (C=O) groups excluding carboxylic acids is 2. The van der Waals surface area contributed by atoms with Gasteiger partial charge in [-0.05, 0) is 11.8 Å². The van der Waals surface area contributed by atoms with Crippen LogP contribution >= 0.6 is 0 Å². The zero-order chi connectivity index (χ0) is 14.6. The molecule has 0 aromatic rings. The second kappa shape index (κ2) is 6.37. The first-order chi connectivity index (χ1) is 8.82. The molecule has 5 heteroatoms. The number of nitrogens with one attached hydrogen (secondary N) is 1. The van der Waals surface area contributed by atoms with E-state index in [-0.39, 0.29) is 23.3 Å². The largest absolute Gasteiger partial charge is 0.383 e. The number of hydrogen-bond acceptors (Lipinski definition) is 3. The highest BCUT2D eigenvalue weighted by Crippen LogP contribution is 2.26. The molecular formula is C14H26N2O3. The second-order valence-electron chi connectivity index (χ2n) is 6.14. The summed E-state index contributed by atoms with van der Waals surface area (Å²) in [4.78, 5) is 26.5. The fourth-order valence-electron chi connectivity index (χ4n) is 2.36. The molecule has 0 aliphatic carbocycles. The summed E-state index contributed by atoms with van der Waals surface area (Å²) in [5.41, 5.74) is -0.282. The molecule has 0 bridgehead atoms. The Morgan fingerprint density at radius 3 is 2.42 bits per heavy atom. The Kier molecular flexibility index (Phi) is 5.35. The van der Waals surface area contributed by atoms with Gasteiger partial charge in [0.25, 0.3) is 0 Å². The van der Waals surface area contributed by atoms with E-state index >= 15 is 0 Å². The zero-order valence-electron chi connectivity index (χ0n) is 12.7. The van der Waals surface area contributed by atoms with E-state index in [0.717, 1.165) is 6.42 Å². The third-order valence-corrected chi connectivity index (χ3v) is 3.46. The highest BCUT2D eigenvalue weighted by Gasteiger charge is 2.44. The van der Waals surface area contributed by atoms with E-state index in [1.807, 2.05) is 27.7 Å². The van der Waals surface area contributed by atoms with Gasteiger partial charge in [-0.25, -0.2) is 0 Å². The van der Waals surface area contributed by atoms with Crippen LogP contribution in [0.15, 0.2) is 0 Å². The maximum absolute atomic E-state index is 12.6. The van der Waals surface area contributed by atoms with Crippen LogP contribution in [0.1, 0.15) is 40.5 Å². The monoisotopic (exact) mass is 270 g/mol. The molecule has 1 fully saturated rings. The average molecular weight is 270 g/mol. The molecule has 1 aliphatic rings. The summed E-state index contributed by atoms with van der Waals surface area (Å²) in [6, 6.07) is -0.809. The van der Waals surface area contributed by atoms with Crippen molar-refractivity contribution in [1.29, 1.82) is 0 Å². The Morgan fingerprint density at radius 2 is 1.95 bits per heavy atom. The van der Waals surface area contributed by atoms with Crippen molar-refractivity contribution < 1.29 is 14.3 Å². The summed E-state index contributed by atoms with van der Waals surface area (Å²) in [6.07, 6.45) is 1.56. The number of carbonyl (C=O) groups is 2. The topological polar surface area (TPSA) is 58.6 Å². The van der Waals surface area contributed by atoms with Gasteiger partial charge in [0.05, 0.1) is 6.61 Å². The van der Waals surface area contributed by atoms with Crippen LogP contribution in [0.25, 0.3) is 0 Å². The Labute approximate surface area is 115 Å². The zero-order valence-corrected chi connectivity index (χ0v) is 12.7. The lowest BCUT2D eigenvalue weighted by Crippen LogP contribution is -2.66. The third-order valence-electron chi connectivity index (χ3n) is 3.46. The van der Waals surface area contributed by atoms with E-state index < -0.39 is 6.04 Å². The van der Waals surface area contributed by atoms with Crippen LogP contribution in [0.5, 0.6) is 0 Å². The number of piperazine rings is 1. The predicted octanol–water partition coefficient (Wildman–Crippen LogP) is 1.17. The van der Waals surface area contributed by atoms with E-state index in [1.165, 1.54) is 0 Å². The number of rotatable bonds is 5. The Hall–Kier alpha value is -1.10. The molecule has 2 unspecified atom stereocenters. The van der Waals surface area contributed by atoms with E-state index in [1.54, 1.807) is 12.0 Å². The van der Waals surface area contributed by atoms with E-state index in [9.17, 15) is 9.59 Å². The van der Waals surface area contributed by atoms with Crippen molar-refractivity contribution in [3.63, 3.8) is 0 Å². The van der Waals surface area contributed by atoms with Crippen LogP contribution in [-0.4, -0.2) is 49.1 Å². The summed E-state index contributed by atoms with van der Waals surface area (Å²) in [7, 11) is 1.60. The van der Waals surface area contributed by atoms with Gasteiger partial charge < -0.3 is 15.0 Å². The third kappa shape index (κ3) is 3.69. The van der Waals surface area contributed by atoms with Gasteiger partial charge in [-0.3, -0.25) is 9.59 Å². The Balaban J connectivity index is 2.94. The van der Waals surface area contributed by atoms with Crippen LogP contribution in [0, 0.1) is 5.41 Å². The molecule has 0 spiro atoms. The summed E-state index contributed by atoms with van der Waals surface area (Å²) >= 11 is 0. The smallest absolute Gasteiger partial charge is 0.246 e. The summed E-state index contributed by atoms with van der Waals surface area (Å²) in [5, 5.41) is 2.88. The van der Waals surface area contributed by atoms with Crippen LogP contribution < -0.4 is 5.32 Å². The molecule has 2 atom stereocenters. The molecule has 1 rings (SSSR count). The van der Waals surface area contributed by atoms with Gasteiger partial charge in [0.2, 0.25) is 11.8 Å². The van der Waals surface area contributed by atoms with Gasteiger partial charge >= 0.3 is 0 Å². The first-order valence-corrected chi connectivity index (χ1v) is 6.92. The molecule has 1 N–H and O–H groups in total. The quantitative estimate of drug-likeness (QED) is 0.816. The summed E-state index contributed by atoms with van der Waals surface area (Å²) in [6.45, 7) is 8.83. The highest BCUT2D eigenvalue weighted by atomic mass is 16.5. The molecular weight excluding hydrogens is 244 g/mol. The van der Waals surface area contributed by atoms with Crippen molar-refractivity contribution in [3.8, 4) is 0 Å². The molecule has 2 amide bonds. The molecule has 1 aliphatic heterocycles. The highest BCUT2D eigenvalue weighted by molar-refractivity contribution is 5.97. The first-order valence-electron chi connectivity index (χ1n) is 6.92. The first kappa shape index (κ1) is 16.0. The second-order valence-corrected chi connectivity index (χ2v) is 6.14. The summed E-state index contributed by atoms with van der Waals surface area (Å²) in [5.74, 6) is -0.0416. The number of methoxy groups -OCH3 is 1. The maximum atomic E-state index is 12.6. The van der Waals surface area contributed by atoms with E-state index in [2.05, 4.69) is 5.32 Å². The lowest BCUT2D eigenvalue weighted by atomic mass is 9.83. The number of amides is 2. The van der Waals surface area contributed by atoms with Gasteiger partial charge in [0.15, 0.2) is 0 Å². The Morgan fingerprint density at radius 1 is 1.32 bits per heavy atom. The standard InChI is InChI=1S/C14H26N2O3/c1-6-7-10-12(17)15-11(14(2,3)4)13(18)16(10)8-9-19-5/h10-11H,6-9H2,1-5H3,(H,15,17). The van der Waals surface area contributed by atoms with Gasteiger partial charge in [-0.15, -0.1) is 0 Å². The molecule has 0 aromatic heterocycles. The van der Waals surface area contributed by atoms with Crippen LogP contribution in [0.3, 0.4) is 0 Å². The fraction of sp³-hybridized carbons (Fsp3) is 0.857. The van der Waals surface area contributed by atoms with Gasteiger partial charge in [-0.2, -0.15) is 0 Å². The minimum atomic E-state index is -0.454. The SMILES string of the molecule is CCCC1C(=O)NC(C(C)(C)C)C(=O)N1CCOC. The molecule has 5 nitrogen and oxygen atoms in total. The Bertz CT molecular complexity index is 336. The van der Waals surface area contributed by atoms with Crippen molar-refractivity contribution in [2.75, 3.05) is 20.3 Å². The molecule has 110 valence electrons. The normalized spacial score (nSPS) is 24.6. The fourth-order valence-corrected chi connectivity index (χ4v) is 2.36. The van der Waals surface area contributed by atoms with E-state index in [0.29, 0.717) is 19.6 Å². The molecule has 0 aromatic carbocycles. The van der Waals surface area contributed by atoms with Crippen molar-refractivity contribution in [2.45, 2.75) is 52.6 Å². The lowest BCUT2D eigenvalue weighted by molar-refractivity contribution is -0.153. The molecule has 0 saturated carbocycles. The predicted molar refractivity (Wildman–Crippen MR) is 73.7 cm³/mol. The number of ether oxygens (including phenoxy) is 1. The molecule has 0 radical (unpaired) electrons. The number of hydrogen-bond donors (Lipinski definition) is 1. The minimum absolute atomic E-state index is 0.00241. The van der Waals surface area contributed by atoms with Gasteiger partial charge in [-0.1, -0.05) is 34.1 Å². The molecule has 1 heterocycles.